The number of methoxy groups -OCH3 is 1. The number of ether oxygens (including phenoxy) is 2. The van der Waals surface area contributed by atoms with Crippen molar-refractivity contribution in [3.63, 3.8) is 0 Å². The van der Waals surface area contributed by atoms with Gasteiger partial charge in [0.2, 0.25) is 0 Å². The first-order chi connectivity index (χ1) is 16.1. The van der Waals surface area contributed by atoms with Crippen molar-refractivity contribution in [1.29, 1.82) is 0 Å². The molecule has 0 aliphatic carbocycles. The Morgan fingerprint density at radius 1 is 0.758 bits per heavy atom. The standard InChI is InChI=1S/C26H23N3O4/c1-27-25(30)19-8-5-9-22(14-19)33-21-12-10-20(11-13-21)28-26(31)29-23-15-17-6-3-4-7-18(17)16-24(23)32-2/h3-16H,1-2H3,(H,27,30)(H2,28,29,31). The lowest BCUT2D eigenvalue weighted by Crippen LogP contribution is -2.19. The SMILES string of the molecule is CNC(=O)c1cccc(Oc2ccc(NC(=O)Nc3cc4ccccc4cc3OC)cc2)c1. The van der Waals surface area contributed by atoms with Gasteiger partial charge in [-0.1, -0.05) is 30.3 Å². The first-order valence-corrected chi connectivity index (χ1v) is 10.3. The molecule has 4 rings (SSSR count). The van der Waals surface area contributed by atoms with Gasteiger partial charge in [0, 0.05) is 18.3 Å². The van der Waals surface area contributed by atoms with Gasteiger partial charge in [0.05, 0.1) is 12.8 Å². The molecule has 3 N–H and O–H groups in total. The van der Waals surface area contributed by atoms with Crippen LogP contribution in [0.1, 0.15) is 10.4 Å². The maximum Gasteiger partial charge on any atom is 0.323 e. The third-order valence-corrected chi connectivity index (χ3v) is 4.99. The number of hydrogen-bond donors (Lipinski definition) is 3. The average Bonchev–Trinajstić information content (AvgIpc) is 2.84. The van der Waals surface area contributed by atoms with Gasteiger partial charge >= 0.3 is 6.03 Å². The van der Waals surface area contributed by atoms with Crippen LogP contribution in [0.25, 0.3) is 10.8 Å². The van der Waals surface area contributed by atoms with E-state index in [-0.39, 0.29) is 5.91 Å². The number of anilines is 2. The smallest absolute Gasteiger partial charge is 0.323 e. The van der Waals surface area contributed by atoms with Gasteiger partial charge in [-0.2, -0.15) is 0 Å². The number of amides is 3. The zero-order chi connectivity index (χ0) is 23.2. The number of hydrogen-bond acceptors (Lipinski definition) is 4. The Kier molecular flexibility index (Phi) is 6.40. The van der Waals surface area contributed by atoms with Crippen LogP contribution in [0, 0.1) is 0 Å². The molecule has 0 heterocycles. The van der Waals surface area contributed by atoms with E-state index in [1.165, 1.54) is 0 Å². The molecule has 0 bridgehead atoms. The minimum absolute atomic E-state index is 0.186. The van der Waals surface area contributed by atoms with Crippen LogP contribution in [0.4, 0.5) is 16.2 Å². The Hall–Kier alpha value is -4.52. The monoisotopic (exact) mass is 441 g/mol. The first-order valence-electron chi connectivity index (χ1n) is 10.3. The predicted molar refractivity (Wildman–Crippen MR) is 129 cm³/mol. The Labute approximate surface area is 191 Å². The van der Waals surface area contributed by atoms with Crippen molar-refractivity contribution >= 4 is 34.1 Å². The zero-order valence-electron chi connectivity index (χ0n) is 18.2. The summed E-state index contributed by atoms with van der Waals surface area (Å²) in [6, 6.07) is 25.0. The fourth-order valence-corrected chi connectivity index (χ4v) is 3.36. The van der Waals surface area contributed by atoms with Gasteiger partial charge in [-0.3, -0.25) is 4.79 Å². The summed E-state index contributed by atoms with van der Waals surface area (Å²) >= 11 is 0. The van der Waals surface area contributed by atoms with Crippen LogP contribution in [0.5, 0.6) is 17.2 Å². The molecule has 0 radical (unpaired) electrons. The highest BCUT2D eigenvalue weighted by atomic mass is 16.5. The summed E-state index contributed by atoms with van der Waals surface area (Å²) in [7, 11) is 3.14. The summed E-state index contributed by atoms with van der Waals surface area (Å²) in [5.74, 6) is 1.50. The summed E-state index contributed by atoms with van der Waals surface area (Å²) in [6.45, 7) is 0. The van der Waals surface area contributed by atoms with Gasteiger partial charge in [-0.25, -0.2) is 4.79 Å². The Bertz CT molecular complexity index is 1300. The molecule has 0 unspecified atom stereocenters. The van der Waals surface area contributed by atoms with Crippen molar-refractivity contribution in [2.24, 2.45) is 0 Å². The lowest BCUT2D eigenvalue weighted by molar-refractivity contribution is 0.0962. The molecule has 166 valence electrons. The van der Waals surface area contributed by atoms with E-state index in [1.807, 2.05) is 36.4 Å². The number of urea groups is 1. The van der Waals surface area contributed by atoms with Crippen LogP contribution in [0.15, 0.2) is 84.9 Å². The second kappa shape index (κ2) is 9.74. The summed E-state index contributed by atoms with van der Waals surface area (Å²) < 4.78 is 11.2. The predicted octanol–water partition coefficient (Wildman–Crippen LogP) is 5.64. The van der Waals surface area contributed by atoms with Crippen LogP contribution >= 0.6 is 0 Å². The van der Waals surface area contributed by atoms with E-state index >= 15 is 0 Å². The van der Waals surface area contributed by atoms with Crippen LogP contribution in [0.3, 0.4) is 0 Å². The van der Waals surface area contributed by atoms with Crippen molar-refractivity contribution in [2.45, 2.75) is 0 Å². The van der Waals surface area contributed by atoms with Gasteiger partial charge in [-0.15, -0.1) is 0 Å². The van der Waals surface area contributed by atoms with Crippen LogP contribution in [0.2, 0.25) is 0 Å². The molecule has 7 heteroatoms. The molecule has 0 aliphatic heterocycles. The lowest BCUT2D eigenvalue weighted by atomic mass is 10.1. The summed E-state index contributed by atoms with van der Waals surface area (Å²) in [5, 5.41) is 10.2. The maximum absolute atomic E-state index is 12.5. The largest absolute Gasteiger partial charge is 0.495 e. The second-order valence-corrected chi connectivity index (χ2v) is 7.21. The maximum atomic E-state index is 12.5. The van der Waals surface area contributed by atoms with Gasteiger partial charge in [0.15, 0.2) is 0 Å². The molecule has 0 fully saturated rings. The minimum Gasteiger partial charge on any atom is -0.495 e. The number of rotatable bonds is 6. The van der Waals surface area contributed by atoms with E-state index in [1.54, 1.807) is 62.7 Å². The Balaban J connectivity index is 1.42. The second-order valence-electron chi connectivity index (χ2n) is 7.21. The number of benzene rings is 4. The highest BCUT2D eigenvalue weighted by Gasteiger charge is 2.10. The third kappa shape index (κ3) is 5.22. The van der Waals surface area contributed by atoms with E-state index < -0.39 is 6.03 Å². The summed E-state index contributed by atoms with van der Waals surface area (Å²) in [5.41, 5.74) is 1.68. The normalized spacial score (nSPS) is 10.4. The molecule has 4 aromatic rings. The molecule has 0 saturated carbocycles. The lowest BCUT2D eigenvalue weighted by Gasteiger charge is -2.13. The highest BCUT2D eigenvalue weighted by Crippen LogP contribution is 2.30. The molecule has 3 amide bonds. The molecule has 0 spiro atoms. The molecule has 4 aromatic carbocycles. The van der Waals surface area contributed by atoms with Crippen molar-refractivity contribution in [1.82, 2.24) is 5.32 Å². The molecule has 0 aliphatic rings. The Morgan fingerprint density at radius 3 is 2.18 bits per heavy atom. The quantitative estimate of drug-likeness (QED) is 0.361. The van der Waals surface area contributed by atoms with Crippen molar-refractivity contribution in [2.75, 3.05) is 24.8 Å². The molecule has 33 heavy (non-hydrogen) atoms. The zero-order valence-corrected chi connectivity index (χ0v) is 18.2. The van der Waals surface area contributed by atoms with E-state index in [9.17, 15) is 9.59 Å². The van der Waals surface area contributed by atoms with Gasteiger partial charge in [0.1, 0.15) is 17.2 Å². The first kappa shape index (κ1) is 21.7. The van der Waals surface area contributed by atoms with Gasteiger partial charge in [0.25, 0.3) is 5.91 Å². The van der Waals surface area contributed by atoms with Crippen molar-refractivity contribution < 1.29 is 19.1 Å². The molecule has 0 saturated heterocycles. The summed E-state index contributed by atoms with van der Waals surface area (Å²) in [6.07, 6.45) is 0. The van der Waals surface area contributed by atoms with E-state index in [0.717, 1.165) is 10.8 Å². The summed E-state index contributed by atoms with van der Waals surface area (Å²) in [4.78, 5) is 24.3. The van der Waals surface area contributed by atoms with E-state index in [0.29, 0.717) is 34.2 Å². The average molecular weight is 441 g/mol. The van der Waals surface area contributed by atoms with Gasteiger partial charge in [-0.05, 0) is 65.4 Å². The fraction of sp³-hybridized carbons (Fsp3) is 0.0769. The fourth-order valence-electron chi connectivity index (χ4n) is 3.36. The topological polar surface area (TPSA) is 88.7 Å². The number of nitrogens with one attached hydrogen (secondary N) is 3. The molecule has 0 atom stereocenters. The van der Waals surface area contributed by atoms with E-state index in [4.69, 9.17) is 9.47 Å². The molecular weight excluding hydrogens is 418 g/mol. The molecular formula is C26H23N3O4. The van der Waals surface area contributed by atoms with Crippen LogP contribution in [-0.4, -0.2) is 26.1 Å². The molecule has 7 nitrogen and oxygen atoms in total. The number of carbonyl (C=O) groups excluding carboxylic acids is 2. The van der Waals surface area contributed by atoms with Gasteiger partial charge < -0.3 is 25.4 Å². The van der Waals surface area contributed by atoms with Crippen molar-refractivity contribution in [3.05, 3.63) is 90.5 Å². The number of fused-ring (bicyclic) bond motifs is 1. The van der Waals surface area contributed by atoms with E-state index in [2.05, 4.69) is 16.0 Å². The highest BCUT2D eigenvalue weighted by molar-refractivity contribution is 6.02. The third-order valence-electron chi connectivity index (χ3n) is 4.99. The minimum atomic E-state index is -0.393. The van der Waals surface area contributed by atoms with Crippen molar-refractivity contribution in [3.8, 4) is 17.2 Å². The van der Waals surface area contributed by atoms with Crippen LogP contribution in [-0.2, 0) is 0 Å². The van der Waals surface area contributed by atoms with Crippen LogP contribution < -0.4 is 25.4 Å². The molecule has 0 aromatic heterocycles. The number of carbonyl (C=O) groups is 2. The Morgan fingerprint density at radius 2 is 1.48 bits per heavy atom.